The molecule has 3 N–H and O–H groups in total. The number of nitrogens with one attached hydrogen (secondary N) is 3. The Morgan fingerprint density at radius 3 is 2.64 bits per heavy atom. The molecule has 2 aromatic rings. The first kappa shape index (κ1) is 18.8. The van der Waals surface area contributed by atoms with Crippen LogP contribution in [0.1, 0.15) is 5.56 Å². The van der Waals surface area contributed by atoms with E-state index in [1.165, 1.54) is 24.3 Å². The van der Waals surface area contributed by atoms with Crippen molar-refractivity contribution >= 4 is 34.8 Å². The van der Waals surface area contributed by atoms with Crippen LogP contribution in [0.2, 0.25) is 0 Å². The first-order valence-corrected chi connectivity index (χ1v) is 8.35. The molecule has 2 aromatic carbocycles. The van der Waals surface area contributed by atoms with Crippen LogP contribution in [0.15, 0.2) is 60.7 Å². The maximum absolute atomic E-state index is 12.1. The lowest BCUT2D eigenvalue weighted by molar-refractivity contribution is -0.384. The molecule has 0 bridgehead atoms. The zero-order valence-electron chi connectivity index (χ0n) is 14.5. The molecule has 1 unspecified atom stereocenters. The fourth-order valence-electron chi connectivity index (χ4n) is 2.72. The number of rotatable bonds is 5. The monoisotopic (exact) mass is 380 g/mol. The van der Waals surface area contributed by atoms with E-state index in [4.69, 9.17) is 0 Å². The van der Waals surface area contributed by atoms with Gasteiger partial charge in [-0.25, -0.2) is 0 Å². The lowest BCUT2D eigenvalue weighted by Gasteiger charge is -2.24. The highest BCUT2D eigenvalue weighted by atomic mass is 16.6. The third-order valence-electron chi connectivity index (χ3n) is 4.04. The van der Waals surface area contributed by atoms with Crippen molar-refractivity contribution in [2.45, 2.75) is 12.5 Å². The summed E-state index contributed by atoms with van der Waals surface area (Å²) in [7, 11) is 0. The molecule has 0 radical (unpaired) electrons. The standard InChI is InChI=1S/C19H16N4O5/c24-17(20-13-5-3-6-14(11-13)23(27)28)8-9-18(25)21-16-10-12-4-1-2-7-15(12)22-19(16)26/h1-9,11,16H,10H2,(H,20,24)(H,21,25)(H,22,26)/b9-8+. The molecule has 0 aromatic heterocycles. The summed E-state index contributed by atoms with van der Waals surface area (Å²) < 4.78 is 0. The van der Waals surface area contributed by atoms with Crippen molar-refractivity contribution in [3.05, 3.63) is 76.4 Å². The predicted molar refractivity (Wildman–Crippen MR) is 102 cm³/mol. The molecule has 0 fully saturated rings. The van der Waals surface area contributed by atoms with Gasteiger partial charge in [-0.1, -0.05) is 24.3 Å². The SMILES string of the molecule is O=C(/C=C/C(=O)NC1Cc2ccccc2NC1=O)Nc1cccc([N+](=O)[O-])c1. The summed E-state index contributed by atoms with van der Waals surface area (Å²) in [6.07, 6.45) is 2.34. The number of hydrogen-bond donors (Lipinski definition) is 3. The minimum atomic E-state index is -0.744. The molecule has 1 aliphatic rings. The van der Waals surface area contributed by atoms with Crippen LogP contribution in [-0.4, -0.2) is 28.7 Å². The highest BCUT2D eigenvalue weighted by Gasteiger charge is 2.26. The first-order valence-electron chi connectivity index (χ1n) is 8.35. The topological polar surface area (TPSA) is 130 Å². The molecule has 0 saturated heterocycles. The summed E-state index contributed by atoms with van der Waals surface area (Å²) in [5.41, 5.74) is 1.68. The lowest BCUT2D eigenvalue weighted by atomic mass is 9.99. The quantitative estimate of drug-likeness (QED) is 0.413. The smallest absolute Gasteiger partial charge is 0.271 e. The Morgan fingerprint density at radius 2 is 1.86 bits per heavy atom. The van der Waals surface area contributed by atoms with Crippen LogP contribution in [0.25, 0.3) is 0 Å². The number of nitro benzene ring substituents is 1. The average Bonchev–Trinajstić information content (AvgIpc) is 2.67. The number of amides is 3. The highest BCUT2D eigenvalue weighted by Crippen LogP contribution is 2.21. The van der Waals surface area contributed by atoms with Gasteiger partial charge in [-0.2, -0.15) is 0 Å². The van der Waals surface area contributed by atoms with E-state index in [1.54, 1.807) is 12.1 Å². The minimum absolute atomic E-state index is 0.164. The molecule has 3 amide bonds. The van der Waals surface area contributed by atoms with E-state index >= 15 is 0 Å². The van der Waals surface area contributed by atoms with Gasteiger partial charge in [0.2, 0.25) is 17.7 Å². The Hall–Kier alpha value is -4.01. The Kier molecular flexibility index (Phi) is 5.45. The molecule has 9 heteroatoms. The fourth-order valence-corrected chi connectivity index (χ4v) is 2.72. The normalized spacial score (nSPS) is 15.4. The summed E-state index contributed by atoms with van der Waals surface area (Å²) in [6.45, 7) is 0. The maximum atomic E-state index is 12.1. The van der Waals surface area contributed by atoms with Crippen LogP contribution in [0, 0.1) is 10.1 Å². The Labute approximate surface area is 159 Å². The number of fused-ring (bicyclic) bond motifs is 1. The van der Waals surface area contributed by atoms with E-state index < -0.39 is 22.8 Å². The Balaban J connectivity index is 1.56. The zero-order valence-corrected chi connectivity index (χ0v) is 14.5. The van der Waals surface area contributed by atoms with Crippen molar-refractivity contribution in [1.29, 1.82) is 0 Å². The van der Waals surface area contributed by atoms with E-state index in [1.807, 2.05) is 12.1 Å². The Morgan fingerprint density at radius 1 is 1.11 bits per heavy atom. The molecule has 9 nitrogen and oxygen atoms in total. The fraction of sp³-hybridized carbons (Fsp3) is 0.105. The number of anilines is 2. The van der Waals surface area contributed by atoms with E-state index in [2.05, 4.69) is 16.0 Å². The van der Waals surface area contributed by atoms with E-state index in [-0.39, 0.29) is 17.3 Å². The highest BCUT2D eigenvalue weighted by molar-refractivity contribution is 6.05. The van der Waals surface area contributed by atoms with Gasteiger partial charge < -0.3 is 16.0 Å². The Bertz CT molecular complexity index is 986. The molecule has 0 saturated carbocycles. The van der Waals surface area contributed by atoms with Crippen molar-refractivity contribution in [2.24, 2.45) is 0 Å². The molecule has 0 aliphatic carbocycles. The second-order valence-corrected chi connectivity index (χ2v) is 6.04. The number of non-ortho nitro benzene ring substituents is 1. The molecule has 1 atom stereocenters. The summed E-state index contributed by atoms with van der Waals surface area (Å²) >= 11 is 0. The molecule has 142 valence electrons. The molecule has 0 spiro atoms. The summed E-state index contributed by atoms with van der Waals surface area (Å²) in [5.74, 6) is -1.57. The van der Waals surface area contributed by atoms with Crippen LogP contribution in [0.4, 0.5) is 17.1 Å². The van der Waals surface area contributed by atoms with Gasteiger partial charge in [0.15, 0.2) is 0 Å². The number of nitrogens with zero attached hydrogens (tertiary/aromatic N) is 1. The van der Waals surface area contributed by atoms with Crippen molar-refractivity contribution in [1.82, 2.24) is 5.32 Å². The van der Waals surface area contributed by atoms with Crippen molar-refractivity contribution in [3.8, 4) is 0 Å². The third-order valence-corrected chi connectivity index (χ3v) is 4.04. The lowest BCUT2D eigenvalue weighted by Crippen LogP contribution is -2.47. The van der Waals surface area contributed by atoms with Gasteiger partial charge in [0.1, 0.15) is 6.04 Å². The maximum Gasteiger partial charge on any atom is 0.271 e. The van der Waals surface area contributed by atoms with Gasteiger partial charge in [-0.05, 0) is 17.7 Å². The van der Waals surface area contributed by atoms with Gasteiger partial charge in [-0.3, -0.25) is 24.5 Å². The summed E-state index contributed by atoms with van der Waals surface area (Å²) in [4.78, 5) is 46.2. The molecule has 1 aliphatic heterocycles. The van der Waals surface area contributed by atoms with Crippen LogP contribution in [0.5, 0.6) is 0 Å². The summed E-state index contributed by atoms with van der Waals surface area (Å²) in [6, 6.07) is 12.0. The number of hydrogen-bond acceptors (Lipinski definition) is 5. The average molecular weight is 380 g/mol. The van der Waals surface area contributed by atoms with Gasteiger partial charge in [0.25, 0.3) is 5.69 Å². The van der Waals surface area contributed by atoms with Gasteiger partial charge in [-0.15, -0.1) is 0 Å². The second-order valence-electron chi connectivity index (χ2n) is 6.04. The van der Waals surface area contributed by atoms with E-state index in [0.717, 1.165) is 17.7 Å². The first-order chi connectivity index (χ1) is 13.4. The van der Waals surface area contributed by atoms with Crippen molar-refractivity contribution in [2.75, 3.05) is 10.6 Å². The van der Waals surface area contributed by atoms with Crippen LogP contribution in [0.3, 0.4) is 0 Å². The zero-order chi connectivity index (χ0) is 20.1. The van der Waals surface area contributed by atoms with E-state index in [9.17, 15) is 24.5 Å². The van der Waals surface area contributed by atoms with Gasteiger partial charge in [0, 0.05) is 42.1 Å². The number of benzene rings is 2. The van der Waals surface area contributed by atoms with Gasteiger partial charge in [0.05, 0.1) is 4.92 Å². The largest absolute Gasteiger partial charge is 0.340 e. The third kappa shape index (κ3) is 4.58. The molecule has 28 heavy (non-hydrogen) atoms. The predicted octanol–water partition coefficient (Wildman–Crippen LogP) is 1.77. The number of carbonyl (C=O) groups excluding carboxylic acids is 3. The molecule has 3 rings (SSSR count). The van der Waals surface area contributed by atoms with E-state index in [0.29, 0.717) is 12.1 Å². The van der Waals surface area contributed by atoms with Crippen LogP contribution >= 0.6 is 0 Å². The molecule has 1 heterocycles. The van der Waals surface area contributed by atoms with Crippen molar-refractivity contribution < 1.29 is 19.3 Å². The molecular weight excluding hydrogens is 364 g/mol. The molecular formula is C19H16N4O5. The second kappa shape index (κ2) is 8.12. The number of carbonyl (C=O) groups is 3. The number of nitro groups is 1. The van der Waals surface area contributed by atoms with Crippen LogP contribution in [-0.2, 0) is 20.8 Å². The number of para-hydroxylation sites is 1. The van der Waals surface area contributed by atoms with Crippen LogP contribution < -0.4 is 16.0 Å². The van der Waals surface area contributed by atoms with Gasteiger partial charge >= 0.3 is 0 Å². The van der Waals surface area contributed by atoms with Crippen molar-refractivity contribution in [3.63, 3.8) is 0 Å². The minimum Gasteiger partial charge on any atom is -0.340 e. The summed E-state index contributed by atoms with van der Waals surface area (Å²) in [5, 5.41) is 18.4.